The number of rotatable bonds is 7. The number of nitrogens with one attached hydrogen (secondary N) is 2. The molecule has 6 heteroatoms. The van der Waals surface area contributed by atoms with Gasteiger partial charge in [-0.1, -0.05) is 18.9 Å². The van der Waals surface area contributed by atoms with Crippen LogP contribution < -0.4 is 20.1 Å². The third-order valence-corrected chi connectivity index (χ3v) is 4.63. The highest BCUT2D eigenvalue weighted by Crippen LogP contribution is 2.27. The lowest BCUT2D eigenvalue weighted by Crippen LogP contribution is -2.23. The third kappa shape index (κ3) is 4.45. The quantitative estimate of drug-likeness (QED) is 0.796. The normalized spacial score (nSPS) is 14.1. The van der Waals surface area contributed by atoms with Gasteiger partial charge >= 0.3 is 0 Å². The predicted octanol–water partition coefficient (Wildman–Crippen LogP) is 3.38. The number of ether oxygens (including phenoxy) is 2. The number of benzene rings is 1. The fraction of sp³-hybridized carbons (Fsp3) is 0.400. The molecule has 0 unspecified atom stereocenters. The van der Waals surface area contributed by atoms with Gasteiger partial charge in [-0.05, 0) is 36.6 Å². The average molecular weight is 355 g/mol. The zero-order valence-corrected chi connectivity index (χ0v) is 15.2. The lowest BCUT2D eigenvalue weighted by molar-refractivity contribution is 0.0950. The second kappa shape index (κ2) is 8.56. The number of methoxy groups -OCH3 is 2. The van der Waals surface area contributed by atoms with Crippen molar-refractivity contribution >= 4 is 11.6 Å². The largest absolute Gasteiger partial charge is 0.493 e. The van der Waals surface area contributed by atoms with E-state index in [4.69, 9.17) is 9.47 Å². The highest BCUT2D eigenvalue weighted by molar-refractivity contribution is 5.94. The van der Waals surface area contributed by atoms with Crippen molar-refractivity contribution < 1.29 is 14.3 Å². The molecule has 1 heterocycles. The van der Waals surface area contributed by atoms with E-state index < -0.39 is 0 Å². The number of anilines is 1. The van der Waals surface area contributed by atoms with Crippen LogP contribution in [0, 0.1) is 0 Å². The number of carbonyl (C=O) groups is 1. The van der Waals surface area contributed by atoms with E-state index in [0.717, 1.165) is 11.3 Å². The molecule has 26 heavy (non-hydrogen) atoms. The van der Waals surface area contributed by atoms with E-state index in [0.29, 0.717) is 29.6 Å². The van der Waals surface area contributed by atoms with E-state index in [-0.39, 0.29) is 5.91 Å². The molecule has 3 rings (SSSR count). The maximum Gasteiger partial charge on any atom is 0.253 e. The van der Waals surface area contributed by atoms with E-state index in [9.17, 15) is 4.79 Å². The van der Waals surface area contributed by atoms with E-state index in [2.05, 4.69) is 15.6 Å². The molecule has 6 nitrogen and oxygen atoms in total. The fourth-order valence-corrected chi connectivity index (χ4v) is 3.22. The zero-order chi connectivity index (χ0) is 18.4. The van der Waals surface area contributed by atoms with Crippen LogP contribution in [0.1, 0.15) is 41.6 Å². The third-order valence-electron chi connectivity index (χ3n) is 4.63. The van der Waals surface area contributed by atoms with Crippen molar-refractivity contribution in [2.75, 3.05) is 19.5 Å². The van der Waals surface area contributed by atoms with E-state index in [1.807, 2.05) is 24.3 Å². The van der Waals surface area contributed by atoms with Crippen LogP contribution in [-0.2, 0) is 6.54 Å². The number of hydrogen-bond donors (Lipinski definition) is 2. The molecule has 0 radical (unpaired) electrons. The number of aromatic nitrogens is 1. The predicted molar refractivity (Wildman–Crippen MR) is 101 cm³/mol. The molecule has 0 atom stereocenters. The molecular weight excluding hydrogens is 330 g/mol. The summed E-state index contributed by atoms with van der Waals surface area (Å²) in [6, 6.07) is 7.93. The van der Waals surface area contributed by atoms with Crippen LogP contribution in [0.4, 0.5) is 5.69 Å². The summed E-state index contributed by atoms with van der Waals surface area (Å²) < 4.78 is 10.5. The standard InChI is InChI=1S/C20H25N3O3/c1-25-18-8-7-14(9-19(18)26-2)11-22-20(24)15-10-17(13-21-12-15)23-16-5-3-4-6-16/h7-10,12-13,16,23H,3-6,11H2,1-2H3,(H,22,24). The van der Waals surface area contributed by atoms with Crippen LogP contribution in [0.15, 0.2) is 36.7 Å². The molecule has 1 aromatic heterocycles. The van der Waals surface area contributed by atoms with Gasteiger partial charge < -0.3 is 20.1 Å². The zero-order valence-electron chi connectivity index (χ0n) is 15.2. The van der Waals surface area contributed by atoms with Crippen LogP contribution in [-0.4, -0.2) is 31.2 Å². The second-order valence-electron chi connectivity index (χ2n) is 6.46. The summed E-state index contributed by atoms with van der Waals surface area (Å²) in [5, 5.41) is 6.39. The summed E-state index contributed by atoms with van der Waals surface area (Å²) in [6.45, 7) is 0.402. The lowest BCUT2D eigenvalue weighted by Gasteiger charge is -2.14. The van der Waals surface area contributed by atoms with Crippen LogP contribution >= 0.6 is 0 Å². The Morgan fingerprint density at radius 3 is 2.62 bits per heavy atom. The summed E-state index contributed by atoms with van der Waals surface area (Å²) in [4.78, 5) is 16.6. The SMILES string of the molecule is COc1ccc(CNC(=O)c2cncc(NC3CCCC3)c2)cc1OC. The van der Waals surface area contributed by atoms with Gasteiger partial charge in [0.1, 0.15) is 0 Å². The molecule has 1 amide bonds. The van der Waals surface area contributed by atoms with Gasteiger partial charge in [-0.25, -0.2) is 0 Å². The molecule has 1 aromatic carbocycles. The molecule has 0 bridgehead atoms. The highest BCUT2D eigenvalue weighted by Gasteiger charge is 2.15. The van der Waals surface area contributed by atoms with Gasteiger partial charge in [0.15, 0.2) is 11.5 Å². The first-order valence-corrected chi connectivity index (χ1v) is 8.90. The van der Waals surface area contributed by atoms with Gasteiger partial charge in [-0.3, -0.25) is 9.78 Å². The number of carbonyl (C=O) groups excluding carboxylic acids is 1. The summed E-state index contributed by atoms with van der Waals surface area (Å²) >= 11 is 0. The van der Waals surface area contributed by atoms with Crippen LogP contribution in [0.2, 0.25) is 0 Å². The van der Waals surface area contributed by atoms with Crippen molar-refractivity contribution in [2.24, 2.45) is 0 Å². The van der Waals surface area contributed by atoms with E-state index in [1.165, 1.54) is 25.7 Å². The first-order chi connectivity index (χ1) is 12.7. The van der Waals surface area contributed by atoms with Gasteiger partial charge in [0, 0.05) is 25.0 Å². The molecule has 0 aliphatic heterocycles. The van der Waals surface area contributed by atoms with Crippen LogP contribution in [0.5, 0.6) is 11.5 Å². The molecule has 1 saturated carbocycles. The van der Waals surface area contributed by atoms with Crippen molar-refractivity contribution in [3.8, 4) is 11.5 Å². The molecule has 2 aromatic rings. The maximum atomic E-state index is 12.5. The Morgan fingerprint density at radius 2 is 1.88 bits per heavy atom. The number of pyridine rings is 1. The molecule has 1 fully saturated rings. The molecule has 1 aliphatic carbocycles. The van der Waals surface area contributed by atoms with Crippen molar-refractivity contribution in [1.29, 1.82) is 0 Å². The Bertz CT molecular complexity index is 758. The minimum atomic E-state index is -0.151. The Morgan fingerprint density at radius 1 is 1.12 bits per heavy atom. The molecular formula is C20H25N3O3. The van der Waals surface area contributed by atoms with Gasteiger partial charge in [-0.2, -0.15) is 0 Å². The number of hydrogen-bond acceptors (Lipinski definition) is 5. The lowest BCUT2D eigenvalue weighted by atomic mass is 10.2. The summed E-state index contributed by atoms with van der Waals surface area (Å²) in [5.41, 5.74) is 2.38. The summed E-state index contributed by atoms with van der Waals surface area (Å²) in [5.74, 6) is 1.16. The molecule has 1 aliphatic rings. The van der Waals surface area contributed by atoms with E-state index in [1.54, 1.807) is 26.6 Å². The monoisotopic (exact) mass is 355 g/mol. The van der Waals surface area contributed by atoms with Crippen LogP contribution in [0.25, 0.3) is 0 Å². The minimum absolute atomic E-state index is 0.151. The summed E-state index contributed by atoms with van der Waals surface area (Å²) in [7, 11) is 3.19. The Hall–Kier alpha value is -2.76. The van der Waals surface area contributed by atoms with Crippen molar-refractivity contribution in [1.82, 2.24) is 10.3 Å². The minimum Gasteiger partial charge on any atom is -0.493 e. The summed E-state index contributed by atoms with van der Waals surface area (Å²) in [6.07, 6.45) is 8.23. The Labute approximate surface area is 153 Å². The first-order valence-electron chi connectivity index (χ1n) is 8.90. The van der Waals surface area contributed by atoms with Gasteiger partial charge in [0.25, 0.3) is 5.91 Å². The van der Waals surface area contributed by atoms with Crippen molar-refractivity contribution in [2.45, 2.75) is 38.3 Å². The van der Waals surface area contributed by atoms with Crippen molar-refractivity contribution in [3.05, 3.63) is 47.8 Å². The molecule has 0 saturated heterocycles. The van der Waals surface area contributed by atoms with Crippen LogP contribution in [0.3, 0.4) is 0 Å². The van der Waals surface area contributed by atoms with Gasteiger partial charge in [-0.15, -0.1) is 0 Å². The Balaban J connectivity index is 1.61. The first kappa shape index (κ1) is 18.0. The second-order valence-corrected chi connectivity index (χ2v) is 6.46. The number of amides is 1. The Kier molecular flexibility index (Phi) is 5.94. The molecule has 0 spiro atoms. The maximum absolute atomic E-state index is 12.5. The van der Waals surface area contributed by atoms with Gasteiger partial charge in [0.05, 0.1) is 25.5 Å². The van der Waals surface area contributed by atoms with Gasteiger partial charge in [0.2, 0.25) is 0 Å². The number of nitrogens with zero attached hydrogens (tertiary/aromatic N) is 1. The van der Waals surface area contributed by atoms with E-state index >= 15 is 0 Å². The smallest absolute Gasteiger partial charge is 0.253 e. The molecule has 2 N–H and O–H groups in total. The molecule has 138 valence electrons. The fourth-order valence-electron chi connectivity index (χ4n) is 3.22. The van der Waals surface area contributed by atoms with Crippen molar-refractivity contribution in [3.63, 3.8) is 0 Å². The average Bonchev–Trinajstić information content (AvgIpc) is 3.19. The topological polar surface area (TPSA) is 72.5 Å². The highest BCUT2D eigenvalue weighted by atomic mass is 16.5.